The molecule has 0 aromatic heterocycles. The van der Waals surface area contributed by atoms with Crippen LogP contribution in [0.3, 0.4) is 0 Å². The second-order valence-electron chi connectivity index (χ2n) is 21.9. The Labute approximate surface area is 511 Å². The molecule has 4 aliphatic heterocycles. The average molecular weight is 1240 g/mol. The van der Waals surface area contributed by atoms with Gasteiger partial charge >= 0.3 is 11.9 Å². The van der Waals surface area contributed by atoms with Crippen LogP contribution in [-0.4, -0.2) is 132 Å². The summed E-state index contributed by atoms with van der Waals surface area (Å²) in [7, 11) is 2.74. The van der Waals surface area contributed by atoms with Gasteiger partial charge in [0.25, 0.3) is 3.79 Å². The Bertz CT molecular complexity index is 2330. The average Bonchev–Trinajstić information content (AvgIpc) is 3.52. The van der Waals surface area contributed by atoms with Gasteiger partial charge in [0.15, 0.2) is 18.5 Å². The van der Waals surface area contributed by atoms with Crippen molar-refractivity contribution >= 4 is 76.2 Å². The summed E-state index contributed by atoms with van der Waals surface area (Å²) in [5.74, 6) is 1.26. The number of aliphatic hydroxyl groups excluding tert-OH is 1. The SMILES string of the molecule is CC1C(OC(=N)C(Cl)(Cl)Cl)OC(COCc2ccccc2)[C@H](OCc2ccccc2)[C@@H]1C.CCS[C@H]1OC(C(=O)OC)[C@H](C)[C@H](O)C1C.CCS[C@H]1OC(C(=O)OC)[C@H](C)[C@H](O[C@@H]2OC(COCc3ccccc3)[C@H](C)[C@H](C)C2C)C1C. The lowest BCUT2D eigenvalue weighted by atomic mass is 9.78. The number of nitrogens with one attached hydrogen (secondary N) is 1. The minimum Gasteiger partial charge on any atom is -0.467 e. The predicted octanol–water partition coefficient (Wildman–Crippen LogP) is 12.6. The zero-order chi connectivity index (χ0) is 60.3. The van der Waals surface area contributed by atoms with Crippen molar-refractivity contribution in [2.45, 2.75) is 166 Å². The number of rotatable bonds is 20. The second kappa shape index (κ2) is 34.6. The van der Waals surface area contributed by atoms with E-state index in [-0.39, 0.29) is 82.9 Å². The first-order valence-corrected chi connectivity index (χ1v) is 31.8. The largest absolute Gasteiger partial charge is 0.467 e. The molecule has 3 aromatic carbocycles. The minimum absolute atomic E-state index is 0.0286. The smallest absolute Gasteiger partial charge is 0.335 e. The van der Waals surface area contributed by atoms with E-state index < -0.39 is 46.4 Å². The molecule has 2 N–H and O–H groups in total. The van der Waals surface area contributed by atoms with E-state index >= 15 is 0 Å². The molecule has 460 valence electrons. The molecule has 3 aromatic rings. The molecule has 4 saturated heterocycles. The van der Waals surface area contributed by atoms with Gasteiger partial charge < -0.3 is 57.2 Å². The van der Waals surface area contributed by atoms with Crippen LogP contribution >= 0.6 is 58.3 Å². The fourth-order valence-electron chi connectivity index (χ4n) is 10.6. The number of carbonyl (C=O) groups excluding carboxylic acids is 2. The van der Waals surface area contributed by atoms with E-state index in [2.05, 4.69) is 58.4 Å². The maximum absolute atomic E-state index is 12.5. The van der Waals surface area contributed by atoms with Crippen molar-refractivity contribution in [3.05, 3.63) is 108 Å². The number of carbonyl (C=O) groups is 2. The normalized spacial score (nSPS) is 33.8. The van der Waals surface area contributed by atoms with Crippen molar-refractivity contribution in [1.82, 2.24) is 0 Å². The molecule has 0 spiro atoms. The first-order valence-electron chi connectivity index (χ1n) is 28.6. The number of benzene rings is 3. The lowest BCUT2D eigenvalue weighted by Crippen LogP contribution is -2.56. The van der Waals surface area contributed by atoms with E-state index in [1.807, 2.05) is 113 Å². The summed E-state index contributed by atoms with van der Waals surface area (Å²) in [5.41, 5.74) is 3.03. The lowest BCUT2D eigenvalue weighted by molar-refractivity contribution is -0.296. The first-order chi connectivity index (χ1) is 39.1. The van der Waals surface area contributed by atoms with Gasteiger partial charge in [-0.3, -0.25) is 5.41 Å². The molecule has 15 nitrogen and oxygen atoms in total. The number of halogens is 3. The van der Waals surface area contributed by atoms with Gasteiger partial charge in [0.1, 0.15) is 17.0 Å². The van der Waals surface area contributed by atoms with Crippen molar-refractivity contribution in [1.29, 1.82) is 5.41 Å². The maximum atomic E-state index is 12.5. The van der Waals surface area contributed by atoms with Crippen LogP contribution in [0.4, 0.5) is 0 Å². The lowest BCUT2D eigenvalue weighted by Gasteiger charge is -2.48. The molecule has 4 aliphatic rings. The summed E-state index contributed by atoms with van der Waals surface area (Å²) in [6.45, 7) is 25.1. The number of alkyl halides is 3. The topological polar surface area (TPSA) is 180 Å². The Balaban J connectivity index is 0.000000240. The fraction of sp³-hybridized carbons (Fsp3) is 0.661. The number of esters is 2. The molecule has 20 atom stereocenters. The summed E-state index contributed by atoms with van der Waals surface area (Å²) < 4.78 is 62.9. The van der Waals surface area contributed by atoms with Crippen LogP contribution in [0.1, 0.15) is 92.9 Å². The first kappa shape index (κ1) is 70.0. The number of ether oxygens (including phenoxy) is 11. The van der Waals surface area contributed by atoms with Crippen molar-refractivity contribution in [3.63, 3.8) is 0 Å². The van der Waals surface area contributed by atoms with Crippen molar-refractivity contribution in [2.24, 2.45) is 53.3 Å². The summed E-state index contributed by atoms with van der Waals surface area (Å²) in [4.78, 5) is 24.0. The zero-order valence-electron chi connectivity index (χ0n) is 49.9. The summed E-state index contributed by atoms with van der Waals surface area (Å²) in [6, 6.07) is 30.1. The predicted molar refractivity (Wildman–Crippen MR) is 325 cm³/mol. The monoisotopic (exact) mass is 1240 g/mol. The molecule has 0 amide bonds. The van der Waals surface area contributed by atoms with Crippen molar-refractivity contribution in [2.75, 3.05) is 38.9 Å². The van der Waals surface area contributed by atoms with Gasteiger partial charge in [-0.15, -0.1) is 23.5 Å². The Morgan fingerprint density at radius 1 is 0.537 bits per heavy atom. The highest BCUT2D eigenvalue weighted by Crippen LogP contribution is 2.43. The van der Waals surface area contributed by atoms with Gasteiger partial charge in [0.2, 0.25) is 12.2 Å². The zero-order valence-corrected chi connectivity index (χ0v) is 53.8. The van der Waals surface area contributed by atoms with Gasteiger partial charge in [-0.1, -0.05) is 202 Å². The molecule has 20 heteroatoms. The molecule has 4 heterocycles. The third-order valence-electron chi connectivity index (χ3n) is 16.3. The molecular formula is C62H90Cl3NO14S2. The molecular weight excluding hydrogens is 1150 g/mol. The standard InChI is InChI=1S/C27H42O6S.C24H28Cl3NO4.C11H20O4S/c1-8-34-27-20(6)23(19(5)24(33-27)25(28)29-7)32-26-18(4)16(2)17(3)22(31-26)15-30-14-21-12-10-9-11-13-21;1-16-17(2)22(32-23(28)24(25,26)27)31-20(15-29-13-18-9-5-3-6-10-18)21(16)30-14-19-11-7-4-8-12-19;1-5-16-11-7(3)8(12)6(2)9(15-11)10(13)14-4/h9-13,16-20,22-24,26-27H,8,14-15H2,1-7H3;3-12,16-17,20-22,28H,13-15H2,1-2H3;6-9,11-12H,5H2,1-4H3/t16-,17+,18?,19+,20?,22?,23-,24?,26-,27+;16-,17?,20?,21-,22?;6-,7?,8+,9?,11-/m011/s1. The van der Waals surface area contributed by atoms with E-state index in [9.17, 15) is 14.7 Å². The van der Waals surface area contributed by atoms with Gasteiger partial charge in [0, 0.05) is 35.5 Å². The Morgan fingerprint density at radius 2 is 0.976 bits per heavy atom. The van der Waals surface area contributed by atoms with Crippen LogP contribution in [0.2, 0.25) is 0 Å². The summed E-state index contributed by atoms with van der Waals surface area (Å²) >= 11 is 20.7. The maximum Gasteiger partial charge on any atom is 0.335 e. The number of thioether (sulfide) groups is 2. The van der Waals surface area contributed by atoms with Crippen LogP contribution in [-0.2, 0) is 81.5 Å². The number of aliphatic hydroxyl groups is 1. The number of hydrogen-bond donors (Lipinski definition) is 2. The second-order valence-corrected chi connectivity index (χ2v) is 27.0. The van der Waals surface area contributed by atoms with Crippen LogP contribution in [0.5, 0.6) is 0 Å². The highest BCUT2D eigenvalue weighted by atomic mass is 35.6. The van der Waals surface area contributed by atoms with Crippen LogP contribution in [0.15, 0.2) is 91.0 Å². The molecule has 4 fully saturated rings. The summed E-state index contributed by atoms with van der Waals surface area (Å²) in [6.07, 6.45) is -3.82. The third kappa shape index (κ3) is 19.9. The highest BCUT2D eigenvalue weighted by Gasteiger charge is 2.50. The molecule has 7 rings (SSSR count). The van der Waals surface area contributed by atoms with Gasteiger partial charge in [-0.25, -0.2) is 9.59 Å². The third-order valence-corrected chi connectivity index (χ3v) is 19.2. The van der Waals surface area contributed by atoms with Crippen LogP contribution in [0.25, 0.3) is 0 Å². The Kier molecular flexibility index (Phi) is 29.5. The summed E-state index contributed by atoms with van der Waals surface area (Å²) in [5, 5.41) is 18.0. The minimum atomic E-state index is -1.95. The molecule has 82 heavy (non-hydrogen) atoms. The molecule has 0 radical (unpaired) electrons. The number of hydrogen-bond acceptors (Lipinski definition) is 17. The van der Waals surface area contributed by atoms with E-state index in [0.717, 1.165) is 28.2 Å². The molecule has 0 aliphatic carbocycles. The van der Waals surface area contributed by atoms with E-state index in [0.29, 0.717) is 44.9 Å². The fourth-order valence-corrected chi connectivity index (χ4v) is 12.7. The molecule has 0 saturated carbocycles. The van der Waals surface area contributed by atoms with Gasteiger partial charge in [-0.2, -0.15) is 0 Å². The van der Waals surface area contributed by atoms with E-state index in [1.54, 1.807) is 23.5 Å². The highest BCUT2D eigenvalue weighted by molar-refractivity contribution is 7.99. The van der Waals surface area contributed by atoms with E-state index in [1.165, 1.54) is 14.2 Å². The molecule has 0 bridgehead atoms. The Hall–Kier alpha value is -2.72. The number of methoxy groups -OCH3 is 2. The van der Waals surface area contributed by atoms with Gasteiger partial charge in [-0.05, 0) is 45.9 Å². The molecule has 9 unspecified atom stereocenters. The van der Waals surface area contributed by atoms with E-state index in [4.69, 9.17) is 87.6 Å². The van der Waals surface area contributed by atoms with Crippen molar-refractivity contribution < 1.29 is 66.8 Å². The van der Waals surface area contributed by atoms with Gasteiger partial charge in [0.05, 0.1) is 71.7 Å². The van der Waals surface area contributed by atoms with Crippen LogP contribution in [0, 0.1) is 58.7 Å². The Morgan fingerprint density at radius 3 is 1.45 bits per heavy atom. The van der Waals surface area contributed by atoms with Crippen LogP contribution < -0.4 is 0 Å². The van der Waals surface area contributed by atoms with Crippen molar-refractivity contribution in [3.8, 4) is 0 Å². The quantitative estimate of drug-likeness (QED) is 0.0472.